The summed E-state index contributed by atoms with van der Waals surface area (Å²) in [4.78, 5) is 12.7. The number of piperazine rings is 1. The van der Waals surface area contributed by atoms with Crippen molar-refractivity contribution >= 4 is 22.4 Å². The quantitative estimate of drug-likeness (QED) is 0.258. The molecule has 3 aliphatic rings. The largest absolute Gasteiger partial charge is 0.463 e. The highest BCUT2D eigenvalue weighted by Crippen LogP contribution is 2.46. The molecule has 6 rings (SSSR count). The van der Waals surface area contributed by atoms with Crippen molar-refractivity contribution in [3.05, 3.63) is 40.5 Å². The Morgan fingerprint density at radius 1 is 1.13 bits per heavy atom. The van der Waals surface area contributed by atoms with E-state index in [1.54, 1.807) is 13.0 Å². The van der Waals surface area contributed by atoms with Crippen LogP contribution in [0.5, 0.6) is 6.01 Å². The number of halogens is 6. The van der Waals surface area contributed by atoms with Crippen LogP contribution in [-0.4, -0.2) is 72.5 Å². The lowest BCUT2D eigenvalue weighted by Gasteiger charge is -2.42. The number of alkyl halides is 4. The molecule has 4 heterocycles. The predicted octanol–water partition coefficient (Wildman–Crippen LogP) is 5.75. The summed E-state index contributed by atoms with van der Waals surface area (Å²) in [5.41, 5.74) is -0.436. The maximum absolute atomic E-state index is 16.7. The molecule has 3 aromatic rings. The number of rotatable bonds is 6. The minimum atomic E-state index is -5.07. The van der Waals surface area contributed by atoms with E-state index in [1.165, 1.54) is 0 Å². The Morgan fingerprint density at radius 3 is 2.46 bits per heavy atom. The third-order valence-electron chi connectivity index (χ3n) is 9.58. The Bertz CT molecular complexity index is 1710. The van der Waals surface area contributed by atoms with E-state index in [0.717, 1.165) is 38.4 Å². The van der Waals surface area contributed by atoms with E-state index in [2.05, 4.69) is 20.2 Å². The first-order valence-electron chi connectivity index (χ1n) is 15.3. The molecule has 3 aliphatic heterocycles. The van der Waals surface area contributed by atoms with Crippen LogP contribution in [0.1, 0.15) is 49.8 Å². The number of hydrogen-bond donors (Lipinski definition) is 2. The molecule has 0 aliphatic carbocycles. The molecule has 8 nitrogen and oxygen atoms in total. The van der Waals surface area contributed by atoms with Crippen molar-refractivity contribution in [2.45, 2.75) is 64.5 Å². The van der Waals surface area contributed by atoms with Crippen molar-refractivity contribution in [2.24, 2.45) is 5.41 Å². The van der Waals surface area contributed by atoms with Crippen molar-refractivity contribution in [1.29, 1.82) is 5.26 Å². The Kier molecular flexibility index (Phi) is 8.21. The molecule has 0 spiro atoms. The second-order valence-corrected chi connectivity index (χ2v) is 12.9. The third kappa shape index (κ3) is 5.57. The van der Waals surface area contributed by atoms with Crippen LogP contribution in [0.3, 0.4) is 0 Å². The molecule has 246 valence electrons. The standard InChI is InChI=1S/C32H35F6N7O/c1-4-44-8-7-23(34)31(3,14-44)15-46-30-42-28-19(29(43-30)45-12-17-5-6-18(13-45)41-17)10-21(33)25(27(28)35)24-20(11-39)22(40)9-16(2)26(24)32(36,37)38/h9-10,17-18,23,41H,4-8,12-15,40H2,1-3H3/t17-,18+,23-,31-/m0/s1. The molecule has 2 aromatic carbocycles. The van der Waals surface area contributed by atoms with Crippen LogP contribution >= 0.6 is 0 Å². The van der Waals surface area contributed by atoms with Gasteiger partial charge in [0.2, 0.25) is 0 Å². The number of aromatic nitrogens is 2. The number of anilines is 2. The topological polar surface area (TPSA) is 103 Å². The maximum Gasteiger partial charge on any atom is 0.417 e. The van der Waals surface area contributed by atoms with Gasteiger partial charge in [0.1, 0.15) is 36.0 Å². The lowest BCUT2D eigenvalue weighted by molar-refractivity contribution is -0.137. The Balaban J connectivity index is 1.54. The number of hydrogen-bond acceptors (Lipinski definition) is 8. The second-order valence-electron chi connectivity index (χ2n) is 12.9. The number of nitrogen functional groups attached to an aromatic ring is 1. The van der Waals surface area contributed by atoms with Gasteiger partial charge in [-0.1, -0.05) is 13.8 Å². The van der Waals surface area contributed by atoms with Gasteiger partial charge >= 0.3 is 12.2 Å². The maximum atomic E-state index is 16.7. The van der Waals surface area contributed by atoms with Crippen LogP contribution in [-0.2, 0) is 6.18 Å². The van der Waals surface area contributed by atoms with Crippen molar-refractivity contribution in [1.82, 2.24) is 20.2 Å². The summed E-state index contributed by atoms with van der Waals surface area (Å²) >= 11 is 0. The van der Waals surface area contributed by atoms with E-state index >= 15 is 13.2 Å². The van der Waals surface area contributed by atoms with Crippen molar-refractivity contribution in [2.75, 3.05) is 50.0 Å². The van der Waals surface area contributed by atoms with Gasteiger partial charge in [-0.3, -0.25) is 0 Å². The molecule has 0 saturated carbocycles. The molecule has 0 unspecified atom stereocenters. The SMILES string of the molecule is CCN1CC[C@H](F)[C@](C)(COc2nc(N3C[C@H]4CC[C@@H](C3)N4)c3cc(F)c(-c4c(C#N)c(N)cc(C)c4C(F)(F)F)c(F)c3n2)C1. The fourth-order valence-electron chi connectivity index (χ4n) is 7.21. The molecular weight excluding hydrogens is 612 g/mol. The monoisotopic (exact) mass is 647 g/mol. The molecule has 3 N–H and O–H groups in total. The van der Waals surface area contributed by atoms with Crippen molar-refractivity contribution in [3.8, 4) is 23.2 Å². The molecule has 0 amide bonds. The Labute approximate surface area is 262 Å². The highest BCUT2D eigenvalue weighted by Gasteiger charge is 2.42. The minimum absolute atomic E-state index is 0.0653. The smallest absolute Gasteiger partial charge is 0.417 e. The summed E-state index contributed by atoms with van der Waals surface area (Å²) < 4.78 is 97.0. The Morgan fingerprint density at radius 2 is 1.83 bits per heavy atom. The zero-order chi connectivity index (χ0) is 33.1. The molecule has 46 heavy (non-hydrogen) atoms. The predicted molar refractivity (Wildman–Crippen MR) is 161 cm³/mol. The van der Waals surface area contributed by atoms with E-state index in [0.29, 0.717) is 32.6 Å². The average molecular weight is 648 g/mol. The van der Waals surface area contributed by atoms with Crippen molar-refractivity contribution < 1.29 is 31.1 Å². The molecule has 2 bridgehead atoms. The summed E-state index contributed by atoms with van der Waals surface area (Å²) in [5, 5.41) is 13.2. The van der Waals surface area contributed by atoms with Gasteiger partial charge in [-0.25, -0.2) is 13.2 Å². The normalized spacial score (nSPS) is 25.2. The average Bonchev–Trinajstić information content (AvgIpc) is 3.33. The van der Waals surface area contributed by atoms with Crippen LogP contribution < -0.4 is 20.7 Å². The van der Waals surface area contributed by atoms with Crippen LogP contribution in [0.15, 0.2) is 12.1 Å². The molecule has 1 aromatic heterocycles. The first-order chi connectivity index (χ1) is 21.7. The number of nitrogens with two attached hydrogens (primary N) is 1. The van der Waals surface area contributed by atoms with E-state index in [9.17, 15) is 18.4 Å². The highest BCUT2D eigenvalue weighted by atomic mass is 19.4. The van der Waals surface area contributed by atoms with E-state index < -0.39 is 62.7 Å². The molecule has 0 radical (unpaired) electrons. The number of likely N-dealkylation sites (tertiary alicyclic amines) is 1. The zero-order valence-corrected chi connectivity index (χ0v) is 25.7. The van der Waals surface area contributed by atoms with E-state index in [-0.39, 0.29) is 41.6 Å². The second kappa shape index (κ2) is 11.8. The van der Waals surface area contributed by atoms with Crippen LogP contribution in [0, 0.1) is 35.3 Å². The number of benzene rings is 2. The summed E-state index contributed by atoms with van der Waals surface area (Å²) in [5.74, 6) is -2.59. The van der Waals surface area contributed by atoms with Gasteiger partial charge in [0.25, 0.3) is 0 Å². The van der Waals surface area contributed by atoms with Gasteiger partial charge in [-0.05, 0) is 50.4 Å². The summed E-state index contributed by atoms with van der Waals surface area (Å²) in [6, 6.07) is 3.36. The molecule has 3 fully saturated rings. The summed E-state index contributed by atoms with van der Waals surface area (Å²) in [7, 11) is 0. The van der Waals surface area contributed by atoms with Gasteiger partial charge in [0.15, 0.2) is 5.82 Å². The first kappa shape index (κ1) is 32.1. The molecule has 4 atom stereocenters. The van der Waals surface area contributed by atoms with Crippen molar-refractivity contribution in [3.63, 3.8) is 0 Å². The zero-order valence-electron chi connectivity index (χ0n) is 25.7. The van der Waals surface area contributed by atoms with Crippen LogP contribution in [0.25, 0.3) is 22.0 Å². The van der Waals surface area contributed by atoms with Crippen LogP contribution in [0.2, 0.25) is 0 Å². The van der Waals surface area contributed by atoms with Gasteiger partial charge in [0, 0.05) is 54.6 Å². The summed E-state index contributed by atoms with van der Waals surface area (Å²) in [6.45, 7) is 7.33. The molecule has 14 heteroatoms. The number of piperidine rings is 1. The lowest BCUT2D eigenvalue weighted by Crippen LogP contribution is -2.51. The number of ether oxygens (including phenoxy) is 1. The van der Waals surface area contributed by atoms with Gasteiger partial charge < -0.3 is 25.6 Å². The Hall–Kier alpha value is -3.83. The summed E-state index contributed by atoms with van der Waals surface area (Å²) in [6.07, 6.45) is -4.15. The molecule has 3 saturated heterocycles. The number of aryl methyl sites for hydroxylation is 1. The van der Waals surface area contributed by atoms with Gasteiger partial charge in [-0.2, -0.15) is 28.4 Å². The number of nitrogens with one attached hydrogen (secondary N) is 1. The highest BCUT2D eigenvalue weighted by molar-refractivity contribution is 5.95. The van der Waals surface area contributed by atoms with Gasteiger partial charge in [-0.15, -0.1) is 0 Å². The van der Waals surface area contributed by atoms with E-state index in [1.807, 2.05) is 11.8 Å². The molecular formula is C32H35F6N7O. The fourth-order valence-corrected chi connectivity index (χ4v) is 7.21. The van der Waals surface area contributed by atoms with Gasteiger partial charge in [0.05, 0.1) is 22.4 Å². The lowest BCUT2D eigenvalue weighted by atomic mass is 9.81. The fraction of sp³-hybridized carbons (Fsp3) is 0.531. The van der Waals surface area contributed by atoms with E-state index in [4.69, 9.17) is 10.5 Å². The third-order valence-corrected chi connectivity index (χ3v) is 9.58. The minimum Gasteiger partial charge on any atom is -0.463 e. The number of fused-ring (bicyclic) bond motifs is 3. The first-order valence-corrected chi connectivity index (χ1v) is 15.3. The number of nitriles is 1. The van der Waals surface area contributed by atoms with Crippen LogP contribution in [0.4, 0.5) is 37.8 Å². The number of nitrogens with zero attached hydrogens (tertiary/aromatic N) is 5.